The van der Waals surface area contributed by atoms with Gasteiger partial charge in [0.2, 0.25) is 5.91 Å². The molecule has 3 rings (SSSR count). The molecule has 78 valence electrons. The Hall–Kier alpha value is -1.35. The highest BCUT2D eigenvalue weighted by atomic mass is 16.5. The Balaban J connectivity index is 1.92. The zero-order chi connectivity index (χ0) is 10.3. The highest BCUT2D eigenvalue weighted by Crippen LogP contribution is 2.36. The number of ether oxygens (including phenoxy) is 1. The molecule has 2 saturated heterocycles. The molecule has 2 fully saturated rings. The lowest BCUT2D eigenvalue weighted by atomic mass is 10.2. The molecular weight excluding hydrogens is 190 g/mol. The van der Waals surface area contributed by atoms with Gasteiger partial charge in [0.05, 0.1) is 12.6 Å². The Labute approximate surface area is 88.6 Å². The van der Waals surface area contributed by atoms with E-state index in [-0.39, 0.29) is 12.1 Å². The van der Waals surface area contributed by atoms with E-state index >= 15 is 0 Å². The largest absolute Gasteiger partial charge is 0.352 e. The van der Waals surface area contributed by atoms with Crippen molar-refractivity contribution in [2.24, 2.45) is 0 Å². The minimum Gasteiger partial charge on any atom is -0.352 e. The highest BCUT2D eigenvalue weighted by molar-refractivity contribution is 5.79. The van der Waals surface area contributed by atoms with E-state index in [0.717, 1.165) is 12.0 Å². The predicted molar refractivity (Wildman–Crippen MR) is 55.0 cm³/mol. The fourth-order valence-electron chi connectivity index (χ4n) is 2.40. The summed E-state index contributed by atoms with van der Waals surface area (Å²) < 4.78 is 5.68. The molecule has 2 aliphatic rings. The minimum absolute atomic E-state index is 0.147. The maximum absolute atomic E-state index is 11.7. The summed E-state index contributed by atoms with van der Waals surface area (Å²) in [6.45, 7) is 0.686. The summed E-state index contributed by atoms with van der Waals surface area (Å²) in [7, 11) is 0. The monoisotopic (exact) mass is 203 g/mol. The molecule has 0 bridgehead atoms. The third-order valence-corrected chi connectivity index (χ3v) is 3.16. The van der Waals surface area contributed by atoms with Crippen LogP contribution >= 0.6 is 0 Å². The van der Waals surface area contributed by atoms with Crippen molar-refractivity contribution < 1.29 is 9.53 Å². The van der Waals surface area contributed by atoms with Gasteiger partial charge in [-0.3, -0.25) is 4.79 Å². The van der Waals surface area contributed by atoms with Gasteiger partial charge in [0.15, 0.2) is 6.23 Å². The van der Waals surface area contributed by atoms with Crippen molar-refractivity contribution >= 4 is 5.91 Å². The van der Waals surface area contributed by atoms with Crippen molar-refractivity contribution in [3.05, 3.63) is 35.9 Å². The van der Waals surface area contributed by atoms with E-state index < -0.39 is 0 Å². The Morgan fingerprint density at radius 2 is 2.07 bits per heavy atom. The predicted octanol–water partition coefficient (Wildman–Crippen LogP) is 1.71. The van der Waals surface area contributed by atoms with E-state index in [1.165, 1.54) is 0 Å². The van der Waals surface area contributed by atoms with Crippen LogP contribution in [0.4, 0.5) is 0 Å². The second kappa shape index (κ2) is 3.35. The number of amides is 1. The van der Waals surface area contributed by atoms with Crippen molar-refractivity contribution in [2.75, 3.05) is 6.61 Å². The van der Waals surface area contributed by atoms with Crippen molar-refractivity contribution in [1.29, 1.82) is 0 Å². The first-order chi connectivity index (χ1) is 7.36. The van der Waals surface area contributed by atoms with E-state index in [0.29, 0.717) is 19.1 Å². The molecule has 3 heteroatoms. The fraction of sp³-hybridized carbons (Fsp3) is 0.417. The summed E-state index contributed by atoms with van der Waals surface area (Å²) >= 11 is 0. The zero-order valence-electron chi connectivity index (χ0n) is 8.43. The molecule has 0 aromatic heterocycles. The number of carbonyl (C=O) groups excluding carboxylic acids is 1. The summed E-state index contributed by atoms with van der Waals surface area (Å²) in [5.41, 5.74) is 1.08. The van der Waals surface area contributed by atoms with Crippen LogP contribution in [0.3, 0.4) is 0 Å². The number of fused-ring (bicyclic) bond motifs is 1. The van der Waals surface area contributed by atoms with E-state index in [1.54, 1.807) is 0 Å². The topological polar surface area (TPSA) is 29.5 Å². The summed E-state index contributed by atoms with van der Waals surface area (Å²) in [6, 6.07) is 10.3. The molecule has 2 heterocycles. The van der Waals surface area contributed by atoms with Crippen LogP contribution in [0.5, 0.6) is 0 Å². The van der Waals surface area contributed by atoms with Gasteiger partial charge in [-0.15, -0.1) is 0 Å². The maximum Gasteiger partial charge on any atom is 0.225 e. The van der Waals surface area contributed by atoms with Gasteiger partial charge in [0.1, 0.15) is 0 Å². The summed E-state index contributed by atoms with van der Waals surface area (Å²) in [5.74, 6) is 0.228. The number of carbonyl (C=O) groups is 1. The van der Waals surface area contributed by atoms with E-state index in [1.807, 2.05) is 35.2 Å². The highest BCUT2D eigenvalue weighted by Gasteiger charge is 2.42. The van der Waals surface area contributed by atoms with Gasteiger partial charge in [0.25, 0.3) is 0 Å². The first kappa shape index (κ1) is 8.92. The molecule has 0 radical (unpaired) electrons. The van der Waals surface area contributed by atoms with E-state index in [2.05, 4.69) is 0 Å². The standard InChI is InChI=1S/C12H13NO2/c14-11-7-6-10-8-15-12(13(10)11)9-4-2-1-3-5-9/h1-5,10,12H,6-8H2/t10-,12-/m1/s1. The molecule has 2 atom stereocenters. The first-order valence-corrected chi connectivity index (χ1v) is 5.34. The molecule has 0 aliphatic carbocycles. The molecule has 0 N–H and O–H groups in total. The van der Waals surface area contributed by atoms with Crippen molar-refractivity contribution in [2.45, 2.75) is 25.1 Å². The lowest BCUT2D eigenvalue weighted by Crippen LogP contribution is -2.30. The third kappa shape index (κ3) is 1.35. The van der Waals surface area contributed by atoms with Crippen LogP contribution in [0.25, 0.3) is 0 Å². The molecule has 0 spiro atoms. The average molecular weight is 203 g/mol. The molecule has 1 amide bonds. The Morgan fingerprint density at radius 1 is 1.27 bits per heavy atom. The second-order valence-corrected chi connectivity index (χ2v) is 4.09. The molecular formula is C12H13NO2. The van der Waals surface area contributed by atoms with Crippen molar-refractivity contribution in [3.8, 4) is 0 Å². The number of hydrogen-bond donors (Lipinski definition) is 0. The van der Waals surface area contributed by atoms with Crippen molar-refractivity contribution in [1.82, 2.24) is 4.90 Å². The van der Waals surface area contributed by atoms with Crippen molar-refractivity contribution in [3.63, 3.8) is 0 Å². The zero-order valence-corrected chi connectivity index (χ0v) is 8.43. The molecule has 15 heavy (non-hydrogen) atoms. The quantitative estimate of drug-likeness (QED) is 0.695. The summed E-state index contributed by atoms with van der Waals surface area (Å²) in [4.78, 5) is 13.6. The number of nitrogens with zero attached hydrogens (tertiary/aromatic N) is 1. The minimum atomic E-state index is -0.147. The lowest BCUT2D eigenvalue weighted by molar-refractivity contribution is -0.134. The first-order valence-electron chi connectivity index (χ1n) is 5.34. The average Bonchev–Trinajstić information content (AvgIpc) is 2.84. The van der Waals surface area contributed by atoms with Gasteiger partial charge in [-0.2, -0.15) is 0 Å². The number of benzene rings is 1. The van der Waals surface area contributed by atoms with Gasteiger partial charge >= 0.3 is 0 Å². The van der Waals surface area contributed by atoms with Crippen LogP contribution in [0.1, 0.15) is 24.6 Å². The van der Waals surface area contributed by atoms with E-state index in [9.17, 15) is 4.79 Å². The van der Waals surface area contributed by atoms with Gasteiger partial charge in [-0.1, -0.05) is 30.3 Å². The number of hydrogen-bond acceptors (Lipinski definition) is 2. The Bertz CT molecular complexity index is 376. The van der Waals surface area contributed by atoms with Gasteiger partial charge < -0.3 is 9.64 Å². The summed E-state index contributed by atoms with van der Waals surface area (Å²) in [6.07, 6.45) is 1.48. The molecule has 0 saturated carbocycles. The van der Waals surface area contributed by atoms with Crippen LogP contribution < -0.4 is 0 Å². The van der Waals surface area contributed by atoms with Crippen LogP contribution in [0.2, 0.25) is 0 Å². The maximum atomic E-state index is 11.7. The van der Waals surface area contributed by atoms with Gasteiger partial charge in [-0.25, -0.2) is 0 Å². The lowest BCUT2D eigenvalue weighted by Gasteiger charge is -2.22. The third-order valence-electron chi connectivity index (χ3n) is 3.16. The van der Waals surface area contributed by atoms with Crippen LogP contribution in [0, 0.1) is 0 Å². The van der Waals surface area contributed by atoms with Gasteiger partial charge in [0, 0.05) is 12.0 Å². The van der Waals surface area contributed by atoms with Crippen LogP contribution in [0.15, 0.2) is 30.3 Å². The normalized spacial score (nSPS) is 29.6. The fourth-order valence-corrected chi connectivity index (χ4v) is 2.40. The molecule has 3 nitrogen and oxygen atoms in total. The smallest absolute Gasteiger partial charge is 0.225 e. The SMILES string of the molecule is O=C1CC[C@@H]2CO[C@H](c3ccccc3)N12. The molecule has 1 aromatic carbocycles. The Morgan fingerprint density at radius 3 is 2.87 bits per heavy atom. The van der Waals surface area contributed by atoms with Crippen LogP contribution in [-0.4, -0.2) is 23.5 Å². The van der Waals surface area contributed by atoms with Crippen LogP contribution in [-0.2, 0) is 9.53 Å². The molecule has 0 unspecified atom stereocenters. The molecule has 1 aromatic rings. The summed E-state index contributed by atoms with van der Waals surface area (Å²) in [5, 5.41) is 0. The second-order valence-electron chi connectivity index (χ2n) is 4.09. The van der Waals surface area contributed by atoms with E-state index in [4.69, 9.17) is 4.74 Å². The van der Waals surface area contributed by atoms with Gasteiger partial charge in [-0.05, 0) is 6.42 Å². The Kier molecular flexibility index (Phi) is 1.99. The number of rotatable bonds is 1. The molecule has 2 aliphatic heterocycles.